The highest BCUT2D eigenvalue weighted by atomic mass is 16.6. The molecule has 8 nitrogen and oxygen atoms in total. The number of nitro benzene ring substituents is 1. The lowest BCUT2D eigenvalue weighted by molar-refractivity contribution is -0.385. The Morgan fingerprint density at radius 2 is 1.58 bits per heavy atom. The quantitative estimate of drug-likeness (QED) is 0.263. The molecule has 0 bridgehead atoms. The molecule has 0 heterocycles. The number of aldehydes is 2. The van der Waals surface area contributed by atoms with Crippen LogP contribution in [-0.4, -0.2) is 23.5 Å². The van der Waals surface area contributed by atoms with Gasteiger partial charge in [0.2, 0.25) is 5.75 Å². The van der Waals surface area contributed by atoms with Crippen molar-refractivity contribution in [3.63, 3.8) is 0 Å². The van der Waals surface area contributed by atoms with Crippen LogP contribution in [0, 0.1) is 10.1 Å². The monoisotopic (exact) mass is 329 g/mol. The summed E-state index contributed by atoms with van der Waals surface area (Å²) >= 11 is 0. The summed E-state index contributed by atoms with van der Waals surface area (Å²) in [6.45, 7) is 1.18. The zero-order valence-corrected chi connectivity index (χ0v) is 12.4. The van der Waals surface area contributed by atoms with Crippen LogP contribution in [0.25, 0.3) is 0 Å². The molecule has 0 radical (unpaired) electrons. The largest absolute Gasteiger partial charge is 0.446 e. The minimum absolute atomic E-state index is 0.00172. The van der Waals surface area contributed by atoms with Crippen LogP contribution in [0.2, 0.25) is 0 Å². The van der Waals surface area contributed by atoms with Crippen molar-refractivity contribution in [1.82, 2.24) is 0 Å². The third kappa shape index (κ3) is 3.80. The Hall–Kier alpha value is -3.55. The molecule has 0 fully saturated rings. The van der Waals surface area contributed by atoms with Crippen molar-refractivity contribution < 1.29 is 28.8 Å². The Labute approximate surface area is 135 Å². The van der Waals surface area contributed by atoms with Crippen LogP contribution >= 0.6 is 0 Å². The number of ether oxygens (including phenoxy) is 2. The number of rotatable bonds is 6. The van der Waals surface area contributed by atoms with Crippen LogP contribution < -0.4 is 9.47 Å². The summed E-state index contributed by atoms with van der Waals surface area (Å²) in [5.41, 5.74) is -0.103. The number of nitrogens with zero attached hydrogens (tertiary/aromatic N) is 1. The highest BCUT2D eigenvalue weighted by Crippen LogP contribution is 2.37. The maximum Gasteiger partial charge on any atom is 0.312 e. The zero-order chi connectivity index (χ0) is 17.7. The van der Waals surface area contributed by atoms with Gasteiger partial charge in [0, 0.05) is 24.1 Å². The molecule has 2 aromatic carbocycles. The molecule has 0 saturated carbocycles. The second kappa shape index (κ2) is 7.14. The molecule has 0 atom stereocenters. The molecule has 0 aliphatic carbocycles. The van der Waals surface area contributed by atoms with E-state index in [1.165, 1.54) is 37.3 Å². The van der Waals surface area contributed by atoms with Gasteiger partial charge in [-0.2, -0.15) is 0 Å². The molecular weight excluding hydrogens is 318 g/mol. The summed E-state index contributed by atoms with van der Waals surface area (Å²) < 4.78 is 10.4. The molecule has 0 aromatic heterocycles. The Morgan fingerprint density at radius 3 is 2.12 bits per heavy atom. The first kappa shape index (κ1) is 16.8. The molecule has 0 spiro atoms. The van der Waals surface area contributed by atoms with Gasteiger partial charge in [-0.15, -0.1) is 0 Å². The number of hydrogen-bond acceptors (Lipinski definition) is 7. The van der Waals surface area contributed by atoms with Crippen LogP contribution in [0.15, 0.2) is 36.4 Å². The third-order valence-electron chi connectivity index (χ3n) is 2.89. The van der Waals surface area contributed by atoms with Gasteiger partial charge in [-0.05, 0) is 30.3 Å². The molecule has 0 aliphatic heterocycles. The smallest absolute Gasteiger partial charge is 0.312 e. The van der Waals surface area contributed by atoms with Gasteiger partial charge in [0.1, 0.15) is 12.6 Å². The minimum atomic E-state index is -0.711. The Morgan fingerprint density at radius 1 is 1.00 bits per heavy atom. The van der Waals surface area contributed by atoms with E-state index >= 15 is 0 Å². The van der Waals surface area contributed by atoms with Gasteiger partial charge >= 0.3 is 11.7 Å². The fraction of sp³-hybridized carbons (Fsp3) is 0.0625. The van der Waals surface area contributed by atoms with E-state index in [2.05, 4.69) is 0 Å². The first-order valence-electron chi connectivity index (χ1n) is 6.63. The molecular formula is C16H11NO7. The van der Waals surface area contributed by atoms with E-state index in [1.54, 1.807) is 0 Å². The summed E-state index contributed by atoms with van der Waals surface area (Å²) in [6.07, 6.45) is 1.02. The average molecular weight is 329 g/mol. The lowest BCUT2D eigenvalue weighted by Gasteiger charge is -2.11. The number of nitro groups is 1. The lowest BCUT2D eigenvalue weighted by Crippen LogP contribution is -2.03. The molecule has 0 N–H and O–H groups in total. The number of carbonyl (C=O) groups excluding carboxylic acids is 3. The van der Waals surface area contributed by atoms with Gasteiger partial charge < -0.3 is 9.47 Å². The van der Waals surface area contributed by atoms with E-state index in [9.17, 15) is 24.5 Å². The van der Waals surface area contributed by atoms with E-state index in [0.717, 1.165) is 6.07 Å². The van der Waals surface area contributed by atoms with E-state index in [4.69, 9.17) is 9.47 Å². The van der Waals surface area contributed by atoms with Crippen LogP contribution in [-0.2, 0) is 4.79 Å². The van der Waals surface area contributed by atoms with Crippen molar-refractivity contribution in [3.05, 3.63) is 57.6 Å². The molecule has 24 heavy (non-hydrogen) atoms. The predicted molar refractivity (Wildman–Crippen MR) is 81.7 cm³/mol. The molecule has 2 aromatic rings. The highest BCUT2D eigenvalue weighted by Gasteiger charge is 2.19. The summed E-state index contributed by atoms with van der Waals surface area (Å²) in [6, 6.07) is 7.66. The molecule has 122 valence electrons. The van der Waals surface area contributed by atoms with Crippen molar-refractivity contribution in [2.45, 2.75) is 6.92 Å². The molecule has 0 saturated heterocycles. The topological polar surface area (TPSA) is 113 Å². The van der Waals surface area contributed by atoms with Crippen molar-refractivity contribution in [3.8, 4) is 17.2 Å². The first-order chi connectivity index (χ1) is 11.4. The van der Waals surface area contributed by atoms with Crippen molar-refractivity contribution in [2.24, 2.45) is 0 Å². The fourth-order valence-electron chi connectivity index (χ4n) is 1.87. The van der Waals surface area contributed by atoms with Crippen LogP contribution in [0.1, 0.15) is 27.6 Å². The first-order valence-corrected chi connectivity index (χ1v) is 6.63. The summed E-state index contributed by atoms with van der Waals surface area (Å²) in [7, 11) is 0. The van der Waals surface area contributed by atoms with Crippen LogP contribution in [0.5, 0.6) is 17.2 Å². The summed E-state index contributed by atoms with van der Waals surface area (Å²) in [4.78, 5) is 43.2. The van der Waals surface area contributed by atoms with Gasteiger partial charge in [0.25, 0.3) is 0 Å². The number of esters is 1. The van der Waals surface area contributed by atoms with Gasteiger partial charge in [-0.3, -0.25) is 24.5 Å². The lowest BCUT2D eigenvalue weighted by atomic mass is 10.2. The van der Waals surface area contributed by atoms with Gasteiger partial charge in [0.05, 0.1) is 4.92 Å². The second-order valence-corrected chi connectivity index (χ2v) is 4.62. The van der Waals surface area contributed by atoms with E-state index in [0.29, 0.717) is 12.6 Å². The summed E-state index contributed by atoms with van der Waals surface area (Å²) in [5, 5.41) is 11.1. The van der Waals surface area contributed by atoms with Crippen molar-refractivity contribution in [2.75, 3.05) is 0 Å². The van der Waals surface area contributed by atoms with E-state index in [1.807, 2.05) is 0 Å². The number of carbonyl (C=O) groups is 3. The number of benzene rings is 2. The standard InChI is InChI=1S/C16H11NO7/c1-10(20)23-15-5-3-12(9-19)7-16(15)24-14-4-2-11(8-18)6-13(14)17(21)22/h2-9H,1H3. The van der Waals surface area contributed by atoms with Crippen LogP contribution in [0.3, 0.4) is 0 Å². The number of hydrogen-bond donors (Lipinski definition) is 0. The minimum Gasteiger partial charge on any atom is -0.446 e. The Kier molecular flexibility index (Phi) is 5.00. The maximum atomic E-state index is 11.1. The molecule has 0 amide bonds. The normalized spacial score (nSPS) is 9.88. The van der Waals surface area contributed by atoms with Gasteiger partial charge in [-0.1, -0.05) is 0 Å². The van der Waals surface area contributed by atoms with Gasteiger partial charge in [-0.25, -0.2) is 0 Å². The van der Waals surface area contributed by atoms with Crippen molar-refractivity contribution in [1.29, 1.82) is 0 Å². The predicted octanol–water partition coefficient (Wildman–Crippen LogP) is 2.94. The highest BCUT2D eigenvalue weighted by molar-refractivity contribution is 5.79. The fourth-order valence-corrected chi connectivity index (χ4v) is 1.87. The van der Waals surface area contributed by atoms with E-state index < -0.39 is 16.6 Å². The second-order valence-electron chi connectivity index (χ2n) is 4.62. The molecule has 0 unspecified atom stereocenters. The van der Waals surface area contributed by atoms with Crippen molar-refractivity contribution >= 4 is 24.2 Å². The van der Waals surface area contributed by atoms with E-state index in [-0.39, 0.29) is 28.4 Å². The SMILES string of the molecule is CC(=O)Oc1ccc(C=O)cc1Oc1ccc(C=O)cc1[N+](=O)[O-]. The maximum absolute atomic E-state index is 11.1. The zero-order valence-electron chi connectivity index (χ0n) is 12.4. The Balaban J connectivity index is 2.50. The van der Waals surface area contributed by atoms with Gasteiger partial charge in [0.15, 0.2) is 11.5 Å². The average Bonchev–Trinajstić information content (AvgIpc) is 2.56. The third-order valence-corrected chi connectivity index (χ3v) is 2.89. The summed E-state index contributed by atoms with van der Waals surface area (Å²) in [5.74, 6) is -0.829. The molecule has 2 rings (SSSR count). The van der Waals surface area contributed by atoms with Crippen LogP contribution in [0.4, 0.5) is 5.69 Å². The molecule has 0 aliphatic rings. The Bertz CT molecular complexity index is 829. The molecule has 8 heteroatoms.